The van der Waals surface area contributed by atoms with E-state index in [1.165, 1.54) is 30.4 Å². The maximum Gasteiger partial charge on any atom is 0.237 e. The van der Waals surface area contributed by atoms with E-state index in [0.29, 0.717) is 0 Å². The van der Waals surface area contributed by atoms with Crippen LogP contribution in [0.2, 0.25) is 0 Å². The summed E-state index contributed by atoms with van der Waals surface area (Å²) < 4.78 is 0. The van der Waals surface area contributed by atoms with E-state index in [9.17, 15) is 4.79 Å². The van der Waals surface area contributed by atoms with Gasteiger partial charge in [-0.1, -0.05) is 30.7 Å². The Hall–Kier alpha value is -1.35. The fraction of sp³-hybridized carbons (Fsp3) is 0.533. The Morgan fingerprint density at radius 1 is 1.28 bits per heavy atom. The molecule has 1 unspecified atom stereocenters. The second kappa shape index (κ2) is 5.11. The zero-order valence-electron chi connectivity index (χ0n) is 10.6. The molecule has 3 heteroatoms. The normalized spacial score (nSPS) is 23.0. The van der Waals surface area contributed by atoms with Gasteiger partial charge in [0, 0.05) is 13.1 Å². The van der Waals surface area contributed by atoms with Crippen LogP contribution in [0.3, 0.4) is 0 Å². The molecule has 0 aromatic heterocycles. The summed E-state index contributed by atoms with van der Waals surface area (Å²) in [5.74, 6) is 0.890. The predicted octanol–water partition coefficient (Wildman–Crippen LogP) is 1.62. The first-order chi connectivity index (χ1) is 8.83. The molecule has 1 amide bonds. The molecule has 2 aliphatic rings. The number of carbonyl (C=O) groups excluding carboxylic acids is 1. The molecule has 1 aromatic carbocycles. The van der Waals surface area contributed by atoms with Crippen LogP contribution in [0, 0.1) is 5.92 Å². The SMILES string of the molecule is O=C(NCC1CCC1)C1Cc2ccccc2CN1. The molecule has 1 fully saturated rings. The quantitative estimate of drug-likeness (QED) is 0.848. The fourth-order valence-electron chi connectivity index (χ4n) is 2.70. The van der Waals surface area contributed by atoms with E-state index in [-0.39, 0.29) is 11.9 Å². The minimum absolute atomic E-state index is 0.0556. The summed E-state index contributed by atoms with van der Waals surface area (Å²) in [6, 6.07) is 8.30. The third kappa shape index (κ3) is 2.41. The average molecular weight is 244 g/mol. The first kappa shape index (κ1) is 11.7. The molecule has 0 spiro atoms. The zero-order valence-corrected chi connectivity index (χ0v) is 10.6. The van der Waals surface area contributed by atoms with E-state index in [4.69, 9.17) is 0 Å². The molecule has 1 saturated carbocycles. The Balaban J connectivity index is 1.56. The van der Waals surface area contributed by atoms with Crippen molar-refractivity contribution in [1.29, 1.82) is 0 Å². The largest absolute Gasteiger partial charge is 0.354 e. The van der Waals surface area contributed by atoms with Crippen molar-refractivity contribution in [2.24, 2.45) is 5.92 Å². The Morgan fingerprint density at radius 2 is 2.06 bits per heavy atom. The molecule has 1 aliphatic carbocycles. The molecular formula is C15H20N2O. The minimum atomic E-state index is -0.0556. The van der Waals surface area contributed by atoms with Crippen LogP contribution < -0.4 is 10.6 Å². The third-order valence-corrected chi connectivity index (χ3v) is 4.19. The molecule has 0 saturated heterocycles. The number of fused-ring (bicyclic) bond motifs is 1. The van der Waals surface area contributed by atoms with Crippen LogP contribution in [-0.2, 0) is 17.8 Å². The molecule has 2 N–H and O–H groups in total. The Kier molecular flexibility index (Phi) is 3.33. The van der Waals surface area contributed by atoms with Crippen molar-refractivity contribution in [1.82, 2.24) is 10.6 Å². The molecule has 3 rings (SSSR count). The van der Waals surface area contributed by atoms with Gasteiger partial charge in [0.25, 0.3) is 0 Å². The lowest BCUT2D eigenvalue weighted by Gasteiger charge is -2.28. The smallest absolute Gasteiger partial charge is 0.237 e. The highest BCUT2D eigenvalue weighted by Crippen LogP contribution is 2.25. The van der Waals surface area contributed by atoms with Gasteiger partial charge >= 0.3 is 0 Å². The van der Waals surface area contributed by atoms with E-state index in [1.54, 1.807) is 0 Å². The highest BCUT2D eigenvalue weighted by molar-refractivity contribution is 5.82. The van der Waals surface area contributed by atoms with Crippen molar-refractivity contribution in [2.75, 3.05) is 6.54 Å². The van der Waals surface area contributed by atoms with Crippen LogP contribution in [0.15, 0.2) is 24.3 Å². The maximum atomic E-state index is 12.1. The van der Waals surface area contributed by atoms with Crippen LogP contribution in [0.5, 0.6) is 0 Å². The molecule has 96 valence electrons. The molecule has 1 atom stereocenters. The summed E-state index contributed by atoms with van der Waals surface area (Å²) in [4.78, 5) is 12.1. The fourth-order valence-corrected chi connectivity index (χ4v) is 2.70. The molecule has 1 heterocycles. The Bertz CT molecular complexity index is 440. The highest BCUT2D eigenvalue weighted by atomic mass is 16.2. The van der Waals surface area contributed by atoms with Gasteiger partial charge in [0.15, 0.2) is 0 Å². The summed E-state index contributed by atoms with van der Waals surface area (Å²) in [6.07, 6.45) is 4.70. The highest BCUT2D eigenvalue weighted by Gasteiger charge is 2.25. The standard InChI is InChI=1S/C15H20N2O/c18-15(17-9-11-4-3-5-11)14-8-12-6-1-2-7-13(12)10-16-14/h1-2,6-7,11,14,16H,3-5,8-10H2,(H,17,18). The predicted molar refractivity (Wildman–Crippen MR) is 71.1 cm³/mol. The van der Waals surface area contributed by atoms with E-state index in [0.717, 1.165) is 25.4 Å². The van der Waals surface area contributed by atoms with Gasteiger partial charge < -0.3 is 10.6 Å². The summed E-state index contributed by atoms with van der Waals surface area (Å²) in [5, 5.41) is 6.41. The van der Waals surface area contributed by atoms with Crippen LogP contribution >= 0.6 is 0 Å². The van der Waals surface area contributed by atoms with Crippen molar-refractivity contribution in [3.8, 4) is 0 Å². The molecule has 1 aromatic rings. The molecule has 1 aliphatic heterocycles. The molecule has 3 nitrogen and oxygen atoms in total. The van der Waals surface area contributed by atoms with Crippen LogP contribution in [0.4, 0.5) is 0 Å². The zero-order chi connectivity index (χ0) is 12.4. The van der Waals surface area contributed by atoms with Crippen LogP contribution in [0.25, 0.3) is 0 Å². The Morgan fingerprint density at radius 3 is 2.78 bits per heavy atom. The first-order valence-electron chi connectivity index (χ1n) is 6.91. The summed E-state index contributed by atoms with van der Waals surface area (Å²) in [7, 11) is 0. The van der Waals surface area contributed by atoms with E-state index < -0.39 is 0 Å². The van der Waals surface area contributed by atoms with E-state index in [1.807, 2.05) is 6.07 Å². The van der Waals surface area contributed by atoms with Gasteiger partial charge in [-0.3, -0.25) is 4.79 Å². The lowest BCUT2D eigenvalue weighted by Crippen LogP contribution is -2.48. The number of nitrogens with one attached hydrogen (secondary N) is 2. The Labute approximate surface area is 108 Å². The molecular weight excluding hydrogens is 224 g/mol. The summed E-state index contributed by atoms with van der Waals surface area (Å²) >= 11 is 0. The van der Waals surface area contributed by atoms with Gasteiger partial charge in [-0.05, 0) is 36.3 Å². The summed E-state index contributed by atoms with van der Waals surface area (Å²) in [5.41, 5.74) is 2.63. The lowest BCUT2D eigenvalue weighted by molar-refractivity contribution is -0.123. The molecule has 18 heavy (non-hydrogen) atoms. The second-order valence-electron chi connectivity index (χ2n) is 5.45. The van der Waals surface area contributed by atoms with Crippen LogP contribution in [0.1, 0.15) is 30.4 Å². The van der Waals surface area contributed by atoms with Gasteiger partial charge in [0.2, 0.25) is 5.91 Å². The van der Waals surface area contributed by atoms with Gasteiger partial charge in [0.1, 0.15) is 0 Å². The number of rotatable bonds is 3. The maximum absolute atomic E-state index is 12.1. The number of hydrogen-bond donors (Lipinski definition) is 2. The van der Waals surface area contributed by atoms with Crippen molar-refractivity contribution in [3.05, 3.63) is 35.4 Å². The van der Waals surface area contributed by atoms with Crippen molar-refractivity contribution in [2.45, 2.75) is 38.3 Å². The van der Waals surface area contributed by atoms with Gasteiger partial charge in [-0.15, -0.1) is 0 Å². The monoisotopic (exact) mass is 244 g/mol. The second-order valence-corrected chi connectivity index (χ2v) is 5.45. The molecule has 0 radical (unpaired) electrons. The third-order valence-electron chi connectivity index (χ3n) is 4.19. The number of carbonyl (C=O) groups is 1. The first-order valence-corrected chi connectivity index (χ1v) is 6.91. The number of hydrogen-bond acceptors (Lipinski definition) is 2. The van der Waals surface area contributed by atoms with Gasteiger partial charge in [-0.25, -0.2) is 0 Å². The van der Waals surface area contributed by atoms with Gasteiger partial charge in [0.05, 0.1) is 6.04 Å². The number of benzene rings is 1. The molecule has 0 bridgehead atoms. The lowest BCUT2D eigenvalue weighted by atomic mass is 9.85. The topological polar surface area (TPSA) is 41.1 Å². The van der Waals surface area contributed by atoms with Gasteiger partial charge in [-0.2, -0.15) is 0 Å². The van der Waals surface area contributed by atoms with E-state index >= 15 is 0 Å². The van der Waals surface area contributed by atoms with Crippen molar-refractivity contribution >= 4 is 5.91 Å². The number of amides is 1. The van der Waals surface area contributed by atoms with Crippen LogP contribution in [-0.4, -0.2) is 18.5 Å². The van der Waals surface area contributed by atoms with Crippen molar-refractivity contribution < 1.29 is 4.79 Å². The summed E-state index contributed by atoms with van der Waals surface area (Å²) in [6.45, 7) is 1.66. The van der Waals surface area contributed by atoms with E-state index in [2.05, 4.69) is 28.8 Å². The average Bonchev–Trinajstić information content (AvgIpc) is 2.36. The minimum Gasteiger partial charge on any atom is -0.354 e. The van der Waals surface area contributed by atoms with Crippen molar-refractivity contribution in [3.63, 3.8) is 0 Å².